The molecule has 0 N–H and O–H groups in total. The van der Waals surface area contributed by atoms with E-state index in [0.29, 0.717) is 6.54 Å². The summed E-state index contributed by atoms with van der Waals surface area (Å²) in [5.41, 5.74) is 1.18. The maximum absolute atomic E-state index is 12.7. The minimum absolute atomic E-state index is 0.213. The first-order valence-electron chi connectivity index (χ1n) is 8.99. The van der Waals surface area contributed by atoms with Gasteiger partial charge in [0.2, 0.25) is 5.91 Å². The third kappa shape index (κ3) is 4.37. The zero-order chi connectivity index (χ0) is 18.5. The van der Waals surface area contributed by atoms with Crippen LogP contribution in [0.2, 0.25) is 0 Å². The summed E-state index contributed by atoms with van der Waals surface area (Å²) in [5, 5.41) is 2.08. The summed E-state index contributed by atoms with van der Waals surface area (Å²) in [4.78, 5) is 20.4. The van der Waals surface area contributed by atoms with Crippen LogP contribution in [0, 0.1) is 0 Å². The second-order valence-electron chi connectivity index (χ2n) is 6.67. The van der Waals surface area contributed by atoms with Crippen molar-refractivity contribution in [2.45, 2.75) is 13.0 Å². The Labute approximate surface area is 159 Å². The molecule has 1 saturated heterocycles. The maximum Gasteiger partial charge on any atom is 0.236 e. The Balaban J connectivity index is 1.50. The van der Waals surface area contributed by atoms with E-state index in [9.17, 15) is 4.79 Å². The van der Waals surface area contributed by atoms with Crippen molar-refractivity contribution < 1.29 is 9.53 Å². The third-order valence-electron chi connectivity index (χ3n) is 5.07. The van der Waals surface area contributed by atoms with E-state index in [2.05, 4.69) is 46.4 Å². The first kappa shape index (κ1) is 18.7. The molecule has 1 aliphatic heterocycles. The third-order valence-corrected chi connectivity index (χ3v) is 6.11. The molecule has 140 valence electrons. The molecule has 2 aromatic rings. The van der Waals surface area contributed by atoms with E-state index in [1.165, 1.54) is 10.6 Å². The molecule has 1 aromatic carbocycles. The van der Waals surface area contributed by atoms with Gasteiger partial charge in [-0.2, -0.15) is 0 Å². The molecule has 1 fully saturated rings. The molecule has 1 unspecified atom stereocenters. The first-order valence-corrected chi connectivity index (χ1v) is 9.87. The van der Waals surface area contributed by atoms with Gasteiger partial charge in [0.05, 0.1) is 13.7 Å². The molecule has 2 heterocycles. The van der Waals surface area contributed by atoms with Crippen molar-refractivity contribution in [1.82, 2.24) is 9.80 Å². The molecular formula is C20H27N3O2S. The molecule has 3 rings (SSSR count). The number of carbonyl (C=O) groups excluding carboxylic acids is 1. The number of methoxy groups -OCH3 is 1. The van der Waals surface area contributed by atoms with E-state index in [0.717, 1.165) is 31.9 Å². The average molecular weight is 374 g/mol. The summed E-state index contributed by atoms with van der Waals surface area (Å²) in [7, 11) is 3.70. The van der Waals surface area contributed by atoms with Crippen molar-refractivity contribution in [2.24, 2.45) is 0 Å². The van der Waals surface area contributed by atoms with E-state index in [4.69, 9.17) is 4.74 Å². The van der Waals surface area contributed by atoms with Gasteiger partial charge in [0.1, 0.15) is 5.75 Å². The van der Waals surface area contributed by atoms with Gasteiger partial charge >= 0.3 is 0 Å². The van der Waals surface area contributed by atoms with Crippen molar-refractivity contribution in [1.29, 1.82) is 0 Å². The van der Waals surface area contributed by atoms with E-state index >= 15 is 0 Å². The molecule has 1 aliphatic rings. The van der Waals surface area contributed by atoms with Crippen molar-refractivity contribution in [3.8, 4) is 5.75 Å². The van der Waals surface area contributed by atoms with Crippen LogP contribution < -0.4 is 9.64 Å². The van der Waals surface area contributed by atoms with Gasteiger partial charge in [-0.1, -0.05) is 6.07 Å². The number of carbonyl (C=O) groups is 1. The molecule has 1 amide bonds. The molecule has 26 heavy (non-hydrogen) atoms. The van der Waals surface area contributed by atoms with Crippen LogP contribution in [0.25, 0.3) is 0 Å². The number of likely N-dealkylation sites (N-methyl/N-ethyl adjacent to an activating group) is 1. The molecule has 5 nitrogen and oxygen atoms in total. The number of hydrogen-bond donors (Lipinski definition) is 0. The van der Waals surface area contributed by atoms with Crippen LogP contribution in [0.5, 0.6) is 5.75 Å². The Morgan fingerprint density at radius 3 is 2.46 bits per heavy atom. The predicted molar refractivity (Wildman–Crippen MR) is 107 cm³/mol. The molecular weight excluding hydrogens is 346 g/mol. The molecule has 0 aliphatic carbocycles. The highest BCUT2D eigenvalue weighted by Gasteiger charge is 2.24. The number of ether oxygens (including phenoxy) is 1. The number of anilines is 1. The first-order chi connectivity index (χ1) is 12.6. The summed E-state index contributed by atoms with van der Waals surface area (Å²) in [6, 6.07) is 12.6. The number of nitrogens with zero attached hydrogens (tertiary/aromatic N) is 3. The predicted octanol–water partition coefficient (Wildman–Crippen LogP) is 3.10. The smallest absolute Gasteiger partial charge is 0.236 e. The van der Waals surface area contributed by atoms with Crippen LogP contribution in [-0.2, 0) is 4.79 Å². The average Bonchev–Trinajstić information content (AvgIpc) is 3.22. The number of amides is 1. The maximum atomic E-state index is 12.7. The quantitative estimate of drug-likeness (QED) is 0.780. The Bertz CT molecular complexity index is 694. The van der Waals surface area contributed by atoms with Crippen LogP contribution in [0.3, 0.4) is 0 Å². The molecule has 1 atom stereocenters. The van der Waals surface area contributed by atoms with Crippen LogP contribution in [-0.4, -0.2) is 62.6 Å². The zero-order valence-corrected chi connectivity index (χ0v) is 16.5. The molecule has 0 spiro atoms. The van der Waals surface area contributed by atoms with Crippen LogP contribution >= 0.6 is 11.3 Å². The van der Waals surface area contributed by atoms with Crippen LogP contribution in [0.1, 0.15) is 17.8 Å². The number of rotatable bonds is 6. The molecule has 6 heteroatoms. The fourth-order valence-corrected chi connectivity index (χ4v) is 4.05. The summed E-state index contributed by atoms with van der Waals surface area (Å²) in [5.74, 6) is 1.08. The van der Waals surface area contributed by atoms with Gasteiger partial charge in [-0.25, -0.2) is 0 Å². The van der Waals surface area contributed by atoms with E-state index < -0.39 is 0 Å². The van der Waals surface area contributed by atoms with Crippen molar-refractivity contribution in [2.75, 3.05) is 51.8 Å². The standard InChI is InChI=1S/C20H27N3O2S/c1-16(19-5-4-14-26-19)21(2)15-20(24)23-12-10-22(11-13-23)17-6-8-18(25-3)9-7-17/h4-9,14,16H,10-13,15H2,1-3H3. The number of thiophene rings is 1. The minimum Gasteiger partial charge on any atom is -0.497 e. The van der Waals surface area contributed by atoms with Gasteiger partial charge in [0.25, 0.3) is 0 Å². The lowest BCUT2D eigenvalue weighted by Gasteiger charge is -2.37. The lowest BCUT2D eigenvalue weighted by atomic mass is 10.2. The van der Waals surface area contributed by atoms with E-state index in [1.807, 2.05) is 24.1 Å². The summed E-state index contributed by atoms with van der Waals surface area (Å²) in [6.45, 7) is 5.88. The summed E-state index contributed by atoms with van der Waals surface area (Å²) >= 11 is 1.74. The second kappa shape index (κ2) is 8.56. The second-order valence-corrected chi connectivity index (χ2v) is 7.65. The molecule has 1 aromatic heterocycles. The summed E-state index contributed by atoms with van der Waals surface area (Å²) in [6.07, 6.45) is 0. The fourth-order valence-electron chi connectivity index (χ4n) is 3.20. The van der Waals surface area contributed by atoms with Gasteiger partial charge < -0.3 is 14.5 Å². The number of hydrogen-bond acceptors (Lipinski definition) is 5. The summed E-state index contributed by atoms with van der Waals surface area (Å²) < 4.78 is 5.21. The fraction of sp³-hybridized carbons (Fsp3) is 0.450. The van der Waals surface area contributed by atoms with Crippen LogP contribution in [0.15, 0.2) is 41.8 Å². The monoisotopic (exact) mass is 373 g/mol. The van der Waals surface area contributed by atoms with Gasteiger partial charge in [0.15, 0.2) is 0 Å². The van der Waals surface area contributed by atoms with Crippen LogP contribution in [0.4, 0.5) is 5.69 Å². The minimum atomic E-state index is 0.213. The Hall–Kier alpha value is -2.05. The van der Waals surface area contributed by atoms with Gasteiger partial charge in [0, 0.05) is 42.8 Å². The lowest BCUT2D eigenvalue weighted by molar-refractivity contribution is -0.132. The topological polar surface area (TPSA) is 36.0 Å². The highest BCUT2D eigenvalue weighted by Crippen LogP contribution is 2.24. The van der Waals surface area contributed by atoms with Crippen molar-refractivity contribution in [3.05, 3.63) is 46.7 Å². The Kier molecular flexibility index (Phi) is 6.16. The van der Waals surface area contributed by atoms with Crippen molar-refractivity contribution >= 4 is 22.9 Å². The Morgan fingerprint density at radius 2 is 1.88 bits per heavy atom. The molecule has 0 radical (unpaired) electrons. The highest BCUT2D eigenvalue weighted by molar-refractivity contribution is 7.10. The van der Waals surface area contributed by atoms with E-state index in [1.54, 1.807) is 18.4 Å². The van der Waals surface area contributed by atoms with Gasteiger partial charge in [-0.15, -0.1) is 11.3 Å². The Morgan fingerprint density at radius 1 is 1.19 bits per heavy atom. The van der Waals surface area contributed by atoms with Gasteiger partial charge in [-0.3, -0.25) is 9.69 Å². The van der Waals surface area contributed by atoms with Crippen molar-refractivity contribution in [3.63, 3.8) is 0 Å². The molecule has 0 bridgehead atoms. The lowest BCUT2D eigenvalue weighted by Crippen LogP contribution is -2.51. The largest absolute Gasteiger partial charge is 0.497 e. The number of benzene rings is 1. The number of piperazine rings is 1. The zero-order valence-electron chi connectivity index (χ0n) is 15.7. The van der Waals surface area contributed by atoms with E-state index in [-0.39, 0.29) is 11.9 Å². The highest BCUT2D eigenvalue weighted by atomic mass is 32.1. The SMILES string of the molecule is COc1ccc(N2CCN(C(=O)CN(C)C(C)c3cccs3)CC2)cc1. The normalized spacial score (nSPS) is 16.0. The van der Waals surface area contributed by atoms with Gasteiger partial charge in [-0.05, 0) is 49.7 Å². The molecule has 0 saturated carbocycles.